The van der Waals surface area contributed by atoms with Crippen LogP contribution in [-0.2, 0) is 4.79 Å². The van der Waals surface area contributed by atoms with Crippen LogP contribution in [0.3, 0.4) is 0 Å². The van der Waals surface area contributed by atoms with E-state index in [-0.39, 0.29) is 5.91 Å². The summed E-state index contributed by atoms with van der Waals surface area (Å²) in [6, 6.07) is 8.28. The summed E-state index contributed by atoms with van der Waals surface area (Å²) in [6.45, 7) is 8.71. The molecule has 0 radical (unpaired) electrons. The van der Waals surface area contributed by atoms with Crippen LogP contribution in [0.4, 0.5) is 5.69 Å². The van der Waals surface area contributed by atoms with Gasteiger partial charge in [0.15, 0.2) is 0 Å². The van der Waals surface area contributed by atoms with Gasteiger partial charge in [-0.2, -0.15) is 0 Å². The third-order valence-corrected chi connectivity index (χ3v) is 3.20. The van der Waals surface area contributed by atoms with Gasteiger partial charge in [0.05, 0.1) is 6.54 Å². The highest BCUT2D eigenvalue weighted by atomic mass is 32.2. The van der Waals surface area contributed by atoms with Gasteiger partial charge in [-0.1, -0.05) is 27.7 Å². The summed E-state index contributed by atoms with van der Waals surface area (Å²) in [5.41, 5.74) is 0.846. The minimum absolute atomic E-state index is 0.00652. The number of benzene rings is 1. The molecule has 4 heteroatoms. The van der Waals surface area contributed by atoms with E-state index in [1.54, 1.807) is 0 Å². The number of nitrogens with one attached hydrogen (secondary N) is 2. The first kappa shape index (κ1) is 15.1. The first-order valence-electron chi connectivity index (χ1n) is 6.27. The zero-order valence-corrected chi connectivity index (χ0v) is 12.3. The second kappa shape index (κ2) is 7.44. The third kappa shape index (κ3) is 6.07. The summed E-state index contributed by atoms with van der Waals surface area (Å²) >= 11 is 1.82. The largest absolute Gasteiger partial charge is 0.325 e. The van der Waals surface area contributed by atoms with E-state index in [9.17, 15) is 4.79 Å². The number of hydrogen-bond acceptors (Lipinski definition) is 3. The van der Waals surface area contributed by atoms with Crippen molar-refractivity contribution in [3.63, 3.8) is 0 Å². The molecule has 1 rings (SSSR count). The maximum atomic E-state index is 11.6. The maximum Gasteiger partial charge on any atom is 0.238 e. The lowest BCUT2D eigenvalue weighted by Gasteiger charge is -2.10. The van der Waals surface area contributed by atoms with Gasteiger partial charge in [0, 0.05) is 21.9 Å². The van der Waals surface area contributed by atoms with Crippen LogP contribution in [0.1, 0.15) is 27.7 Å². The van der Waals surface area contributed by atoms with Crippen molar-refractivity contribution in [2.75, 3.05) is 11.9 Å². The van der Waals surface area contributed by atoms with Gasteiger partial charge in [-0.3, -0.25) is 4.79 Å². The Morgan fingerprint density at radius 1 is 1.17 bits per heavy atom. The monoisotopic (exact) mass is 266 g/mol. The van der Waals surface area contributed by atoms with Crippen molar-refractivity contribution >= 4 is 23.4 Å². The number of thioether (sulfide) groups is 1. The Hall–Kier alpha value is -1.00. The Bertz CT molecular complexity index is 374. The average Bonchev–Trinajstić information content (AvgIpc) is 2.28. The lowest BCUT2D eigenvalue weighted by atomic mass is 10.3. The first-order valence-corrected chi connectivity index (χ1v) is 7.15. The Kier molecular flexibility index (Phi) is 6.22. The van der Waals surface area contributed by atoms with Crippen molar-refractivity contribution in [3.05, 3.63) is 24.3 Å². The van der Waals surface area contributed by atoms with Gasteiger partial charge >= 0.3 is 0 Å². The van der Waals surface area contributed by atoms with Crippen molar-refractivity contribution in [1.82, 2.24) is 5.32 Å². The molecule has 100 valence electrons. The van der Waals surface area contributed by atoms with E-state index in [1.807, 2.05) is 49.9 Å². The fourth-order valence-electron chi connectivity index (χ4n) is 1.39. The summed E-state index contributed by atoms with van der Waals surface area (Å²) < 4.78 is 0. The molecule has 1 aromatic rings. The number of rotatable bonds is 6. The third-order valence-electron chi connectivity index (χ3n) is 2.18. The minimum Gasteiger partial charge on any atom is -0.325 e. The molecule has 0 aromatic heterocycles. The molecule has 2 N–H and O–H groups in total. The second-order valence-electron chi connectivity index (χ2n) is 4.77. The van der Waals surface area contributed by atoms with Crippen LogP contribution in [0, 0.1) is 0 Å². The fraction of sp³-hybridized carbons (Fsp3) is 0.500. The average molecular weight is 266 g/mol. The van der Waals surface area contributed by atoms with Crippen LogP contribution < -0.4 is 10.6 Å². The summed E-state index contributed by atoms with van der Waals surface area (Å²) in [5, 5.41) is 6.52. The van der Waals surface area contributed by atoms with E-state index in [2.05, 4.69) is 24.5 Å². The van der Waals surface area contributed by atoms with E-state index >= 15 is 0 Å². The van der Waals surface area contributed by atoms with Crippen LogP contribution in [0.15, 0.2) is 29.2 Å². The summed E-state index contributed by atoms with van der Waals surface area (Å²) in [6.07, 6.45) is 0. The smallest absolute Gasteiger partial charge is 0.238 e. The molecular formula is C14H22N2OS. The van der Waals surface area contributed by atoms with Gasteiger partial charge in [0.2, 0.25) is 5.91 Å². The molecule has 0 fully saturated rings. The highest BCUT2D eigenvalue weighted by Gasteiger charge is 2.03. The van der Waals surface area contributed by atoms with E-state index in [0.29, 0.717) is 17.8 Å². The van der Waals surface area contributed by atoms with Gasteiger partial charge in [-0.05, 0) is 24.3 Å². The summed E-state index contributed by atoms with van der Waals surface area (Å²) in [5.74, 6) is -0.00652. The summed E-state index contributed by atoms with van der Waals surface area (Å²) in [7, 11) is 0. The zero-order chi connectivity index (χ0) is 13.5. The lowest BCUT2D eigenvalue weighted by Crippen LogP contribution is -2.32. The van der Waals surface area contributed by atoms with E-state index in [0.717, 1.165) is 5.69 Å². The predicted octanol–water partition coefficient (Wildman–Crippen LogP) is 3.12. The quantitative estimate of drug-likeness (QED) is 0.777. The van der Waals surface area contributed by atoms with E-state index in [1.165, 1.54) is 4.90 Å². The second-order valence-corrected chi connectivity index (χ2v) is 6.42. The van der Waals surface area contributed by atoms with Crippen LogP contribution in [0.5, 0.6) is 0 Å². The molecule has 0 heterocycles. The first-order chi connectivity index (χ1) is 8.47. The molecule has 3 nitrogen and oxygen atoms in total. The van der Waals surface area contributed by atoms with Crippen molar-refractivity contribution < 1.29 is 4.79 Å². The Balaban J connectivity index is 2.45. The highest BCUT2D eigenvalue weighted by Crippen LogP contribution is 2.24. The molecular weight excluding hydrogens is 244 g/mol. The van der Waals surface area contributed by atoms with Crippen LogP contribution in [0.25, 0.3) is 0 Å². The molecule has 0 saturated carbocycles. The molecule has 0 bridgehead atoms. The van der Waals surface area contributed by atoms with Crippen molar-refractivity contribution in [2.45, 2.75) is 43.9 Å². The molecule has 0 aliphatic heterocycles. The number of amides is 1. The Morgan fingerprint density at radius 3 is 2.28 bits per heavy atom. The standard InChI is InChI=1S/C14H22N2OS/c1-10(2)15-9-14(17)16-12-5-7-13(8-6-12)18-11(3)4/h5-8,10-11,15H,9H2,1-4H3,(H,16,17). The molecule has 0 spiro atoms. The number of carbonyl (C=O) groups excluding carboxylic acids is 1. The number of anilines is 1. The molecule has 1 amide bonds. The molecule has 1 aromatic carbocycles. The molecule has 18 heavy (non-hydrogen) atoms. The zero-order valence-electron chi connectivity index (χ0n) is 11.5. The molecule has 0 atom stereocenters. The van der Waals surface area contributed by atoms with Gasteiger partial charge < -0.3 is 10.6 Å². The maximum absolute atomic E-state index is 11.6. The van der Waals surface area contributed by atoms with Crippen molar-refractivity contribution in [3.8, 4) is 0 Å². The van der Waals surface area contributed by atoms with Crippen molar-refractivity contribution in [1.29, 1.82) is 0 Å². The lowest BCUT2D eigenvalue weighted by molar-refractivity contribution is -0.115. The number of carbonyl (C=O) groups is 1. The van der Waals surface area contributed by atoms with Crippen molar-refractivity contribution in [2.24, 2.45) is 0 Å². The van der Waals surface area contributed by atoms with Gasteiger partial charge in [0.1, 0.15) is 0 Å². The highest BCUT2D eigenvalue weighted by molar-refractivity contribution is 7.99. The molecule has 0 unspecified atom stereocenters. The van der Waals surface area contributed by atoms with Crippen LogP contribution in [0.2, 0.25) is 0 Å². The van der Waals surface area contributed by atoms with Gasteiger partial charge in [-0.15, -0.1) is 11.8 Å². The van der Waals surface area contributed by atoms with E-state index < -0.39 is 0 Å². The fourth-order valence-corrected chi connectivity index (χ4v) is 2.23. The topological polar surface area (TPSA) is 41.1 Å². The Labute approximate surface area is 114 Å². The normalized spacial score (nSPS) is 11.0. The summed E-state index contributed by atoms with van der Waals surface area (Å²) in [4.78, 5) is 12.8. The van der Waals surface area contributed by atoms with Crippen LogP contribution >= 0.6 is 11.8 Å². The molecule has 0 aliphatic rings. The predicted molar refractivity (Wildman–Crippen MR) is 79.2 cm³/mol. The van der Waals surface area contributed by atoms with Gasteiger partial charge in [0.25, 0.3) is 0 Å². The van der Waals surface area contributed by atoms with E-state index in [4.69, 9.17) is 0 Å². The molecule has 0 saturated heterocycles. The molecule has 0 aliphatic carbocycles. The van der Waals surface area contributed by atoms with Crippen LogP contribution in [-0.4, -0.2) is 23.7 Å². The van der Waals surface area contributed by atoms with Gasteiger partial charge in [-0.25, -0.2) is 0 Å². The number of hydrogen-bond donors (Lipinski definition) is 2. The SMILES string of the molecule is CC(C)NCC(=O)Nc1ccc(SC(C)C)cc1. The Morgan fingerprint density at radius 2 is 1.78 bits per heavy atom. The minimum atomic E-state index is -0.00652.